The van der Waals surface area contributed by atoms with E-state index in [1.807, 2.05) is 12.1 Å². The molecule has 2 aliphatic carbocycles. The lowest BCUT2D eigenvalue weighted by molar-refractivity contribution is -0.134. The zero-order valence-electron chi connectivity index (χ0n) is 20.8. The van der Waals surface area contributed by atoms with Crippen LogP contribution in [0.15, 0.2) is 18.2 Å². The van der Waals surface area contributed by atoms with Crippen LogP contribution in [0, 0.1) is 5.92 Å². The van der Waals surface area contributed by atoms with Crippen molar-refractivity contribution in [2.75, 3.05) is 6.54 Å². The van der Waals surface area contributed by atoms with Crippen molar-refractivity contribution in [3.8, 4) is 0 Å². The number of hydrogen-bond donors (Lipinski definition) is 1. The fourth-order valence-corrected chi connectivity index (χ4v) is 6.33. The molecule has 0 radical (unpaired) electrons. The van der Waals surface area contributed by atoms with Gasteiger partial charge in [-0.2, -0.15) is 0 Å². The Kier molecular flexibility index (Phi) is 8.45. The number of aryl methyl sites for hydroxylation is 1. The van der Waals surface area contributed by atoms with E-state index in [9.17, 15) is 9.90 Å². The second kappa shape index (κ2) is 11.5. The molecule has 5 heteroatoms. The predicted molar refractivity (Wildman–Crippen MR) is 134 cm³/mol. The Bertz CT molecular complexity index is 907. The Morgan fingerprint density at radius 2 is 1.85 bits per heavy atom. The van der Waals surface area contributed by atoms with Gasteiger partial charge in [-0.3, -0.25) is 4.79 Å². The summed E-state index contributed by atoms with van der Waals surface area (Å²) in [5, 5.41) is 9.70. The van der Waals surface area contributed by atoms with Crippen molar-refractivity contribution >= 4 is 16.9 Å². The Morgan fingerprint density at radius 1 is 1.09 bits per heavy atom. The number of carbonyl (C=O) groups excluding carboxylic acids is 1. The van der Waals surface area contributed by atoms with Crippen molar-refractivity contribution in [2.45, 2.75) is 116 Å². The minimum Gasteiger partial charge on any atom is -0.392 e. The number of nitrogens with zero attached hydrogens (tertiary/aromatic N) is 3. The average molecular weight is 454 g/mol. The molecular weight excluding hydrogens is 410 g/mol. The lowest BCUT2D eigenvalue weighted by atomic mass is 9.79. The first-order chi connectivity index (χ1) is 16.1. The summed E-state index contributed by atoms with van der Waals surface area (Å²) in [6, 6.07) is 6.49. The normalized spacial score (nSPS) is 22.0. The van der Waals surface area contributed by atoms with Gasteiger partial charge in [0.25, 0.3) is 0 Å². The van der Waals surface area contributed by atoms with Crippen LogP contribution in [0.4, 0.5) is 0 Å². The highest BCUT2D eigenvalue weighted by Crippen LogP contribution is 2.38. The lowest BCUT2D eigenvalue weighted by Crippen LogP contribution is -2.41. The molecule has 0 aliphatic heterocycles. The quantitative estimate of drug-likeness (QED) is 0.494. The van der Waals surface area contributed by atoms with E-state index in [1.165, 1.54) is 57.8 Å². The fraction of sp³-hybridized carbons (Fsp3) is 0.714. The molecule has 2 aromatic rings. The van der Waals surface area contributed by atoms with Crippen molar-refractivity contribution in [1.29, 1.82) is 0 Å². The highest BCUT2D eigenvalue weighted by Gasteiger charge is 2.28. The van der Waals surface area contributed by atoms with Gasteiger partial charge in [0.2, 0.25) is 5.91 Å². The average Bonchev–Trinajstić information content (AvgIpc) is 3.22. The largest absolute Gasteiger partial charge is 0.392 e. The molecule has 0 unspecified atom stereocenters. The first kappa shape index (κ1) is 24.3. The molecule has 1 aromatic carbocycles. The van der Waals surface area contributed by atoms with Gasteiger partial charge in [0, 0.05) is 31.5 Å². The molecule has 2 saturated carbocycles. The second-order valence-corrected chi connectivity index (χ2v) is 10.3. The summed E-state index contributed by atoms with van der Waals surface area (Å²) in [7, 11) is 0. The lowest BCUT2D eigenvalue weighted by Gasteiger charge is -2.34. The van der Waals surface area contributed by atoms with Gasteiger partial charge in [-0.05, 0) is 69.1 Å². The number of carbonyl (C=O) groups is 1. The summed E-state index contributed by atoms with van der Waals surface area (Å²) in [6.45, 7) is 5.92. The molecular formula is C28H43N3O2. The fourth-order valence-electron chi connectivity index (χ4n) is 6.33. The Balaban J connectivity index is 1.54. The minimum atomic E-state index is 0.0306. The minimum absolute atomic E-state index is 0.0306. The van der Waals surface area contributed by atoms with Gasteiger partial charge in [0.05, 0.1) is 17.6 Å². The molecule has 2 aliphatic rings. The van der Waals surface area contributed by atoms with E-state index in [-0.39, 0.29) is 12.5 Å². The predicted octanol–water partition coefficient (Wildman–Crippen LogP) is 6.17. The Morgan fingerprint density at radius 3 is 2.52 bits per heavy atom. The van der Waals surface area contributed by atoms with Gasteiger partial charge in [-0.25, -0.2) is 4.98 Å². The monoisotopic (exact) mass is 453 g/mol. The van der Waals surface area contributed by atoms with Gasteiger partial charge in [0.15, 0.2) is 0 Å². The number of fused-ring (bicyclic) bond motifs is 1. The summed E-state index contributed by atoms with van der Waals surface area (Å²) in [5.41, 5.74) is 2.97. The standard InChI is InChI=1S/C28H43N3O2/c1-3-8-21-11-14-23(15-12-21)28-29-25-16-13-22(20-32)19-26(25)31(28)18-17-27(33)30(4-2)24-9-6-5-7-10-24/h13,16,19,21,23-24,32H,3-12,14-15,17-18,20H2,1-2H3/t21-,23-. The molecule has 4 rings (SSSR count). The summed E-state index contributed by atoms with van der Waals surface area (Å²) in [6.07, 6.45) is 14.2. The third-order valence-corrected chi connectivity index (χ3v) is 8.16. The van der Waals surface area contributed by atoms with Crippen LogP contribution in [0.25, 0.3) is 11.0 Å². The second-order valence-electron chi connectivity index (χ2n) is 10.3. The SMILES string of the molecule is CCC[C@H]1CC[C@H](c2nc3ccc(CO)cc3n2CCC(=O)N(CC)C2CCCCC2)CC1. The van der Waals surface area contributed by atoms with Gasteiger partial charge in [-0.15, -0.1) is 0 Å². The van der Waals surface area contributed by atoms with Crippen molar-refractivity contribution in [3.05, 3.63) is 29.6 Å². The van der Waals surface area contributed by atoms with E-state index < -0.39 is 0 Å². The summed E-state index contributed by atoms with van der Waals surface area (Å²) in [4.78, 5) is 20.5. The number of aliphatic hydroxyl groups excluding tert-OH is 1. The maximum atomic E-state index is 13.3. The summed E-state index contributed by atoms with van der Waals surface area (Å²) in [5.74, 6) is 2.77. The van der Waals surface area contributed by atoms with Crippen LogP contribution in [0.1, 0.15) is 108 Å². The van der Waals surface area contributed by atoms with Crippen LogP contribution in [-0.2, 0) is 17.9 Å². The third-order valence-electron chi connectivity index (χ3n) is 8.16. The van der Waals surface area contributed by atoms with Crippen LogP contribution in [-0.4, -0.2) is 38.1 Å². The Hall–Kier alpha value is -1.88. The van der Waals surface area contributed by atoms with E-state index in [0.29, 0.717) is 24.9 Å². The van der Waals surface area contributed by atoms with E-state index in [0.717, 1.165) is 47.7 Å². The number of benzene rings is 1. The summed E-state index contributed by atoms with van der Waals surface area (Å²) < 4.78 is 2.31. The van der Waals surface area contributed by atoms with Crippen molar-refractivity contribution < 1.29 is 9.90 Å². The zero-order valence-corrected chi connectivity index (χ0v) is 20.8. The molecule has 0 bridgehead atoms. The topological polar surface area (TPSA) is 58.4 Å². The van der Waals surface area contributed by atoms with E-state index >= 15 is 0 Å². The number of imidazole rings is 1. The van der Waals surface area contributed by atoms with Crippen molar-refractivity contribution in [1.82, 2.24) is 14.5 Å². The summed E-state index contributed by atoms with van der Waals surface area (Å²) >= 11 is 0. The third kappa shape index (κ3) is 5.62. The van der Waals surface area contributed by atoms with Gasteiger partial charge < -0.3 is 14.6 Å². The Labute approximate surface area is 199 Å². The molecule has 1 aromatic heterocycles. The maximum absolute atomic E-state index is 13.3. The van der Waals surface area contributed by atoms with E-state index in [4.69, 9.17) is 4.98 Å². The molecule has 0 atom stereocenters. The van der Waals surface area contributed by atoms with Crippen LogP contribution in [0.5, 0.6) is 0 Å². The number of hydrogen-bond acceptors (Lipinski definition) is 3. The molecule has 1 N–H and O–H groups in total. The van der Waals surface area contributed by atoms with Crippen LogP contribution in [0.2, 0.25) is 0 Å². The van der Waals surface area contributed by atoms with Crippen LogP contribution < -0.4 is 0 Å². The van der Waals surface area contributed by atoms with E-state index in [2.05, 4.69) is 29.4 Å². The van der Waals surface area contributed by atoms with Crippen LogP contribution in [0.3, 0.4) is 0 Å². The smallest absolute Gasteiger partial charge is 0.224 e. The first-order valence-corrected chi connectivity index (χ1v) is 13.5. The van der Waals surface area contributed by atoms with Gasteiger partial charge >= 0.3 is 0 Å². The zero-order chi connectivity index (χ0) is 23.2. The number of aliphatic hydroxyl groups is 1. The van der Waals surface area contributed by atoms with Gasteiger partial charge in [-0.1, -0.05) is 45.1 Å². The molecule has 182 valence electrons. The number of rotatable bonds is 9. The van der Waals surface area contributed by atoms with Crippen molar-refractivity contribution in [2.24, 2.45) is 5.92 Å². The maximum Gasteiger partial charge on any atom is 0.224 e. The molecule has 0 saturated heterocycles. The molecule has 2 fully saturated rings. The number of amides is 1. The van der Waals surface area contributed by atoms with Gasteiger partial charge in [0.1, 0.15) is 5.82 Å². The molecule has 0 spiro atoms. The first-order valence-electron chi connectivity index (χ1n) is 13.5. The van der Waals surface area contributed by atoms with Crippen molar-refractivity contribution in [3.63, 3.8) is 0 Å². The molecule has 1 heterocycles. The molecule has 5 nitrogen and oxygen atoms in total. The molecule has 33 heavy (non-hydrogen) atoms. The molecule has 1 amide bonds. The number of aromatic nitrogens is 2. The van der Waals surface area contributed by atoms with E-state index in [1.54, 1.807) is 0 Å². The highest BCUT2D eigenvalue weighted by atomic mass is 16.3. The highest BCUT2D eigenvalue weighted by molar-refractivity contribution is 5.79. The van der Waals surface area contributed by atoms with Crippen LogP contribution >= 0.6 is 0 Å².